The molecule has 2 heteroatoms. The van der Waals surface area contributed by atoms with Crippen LogP contribution in [0.25, 0.3) is 0 Å². The Hall–Kier alpha value is -1.02. The van der Waals surface area contributed by atoms with Gasteiger partial charge in [0.2, 0.25) is 0 Å². The van der Waals surface area contributed by atoms with Gasteiger partial charge in [0, 0.05) is 18.5 Å². The summed E-state index contributed by atoms with van der Waals surface area (Å²) in [6, 6.07) is 8.00. The van der Waals surface area contributed by atoms with Gasteiger partial charge in [0.25, 0.3) is 0 Å². The van der Waals surface area contributed by atoms with Crippen LogP contribution in [0.3, 0.4) is 0 Å². The first-order valence-corrected chi connectivity index (χ1v) is 8.74. The Kier molecular flexibility index (Phi) is 4.54. The molecule has 2 nitrogen and oxygen atoms in total. The molecule has 1 atom stereocenters. The molecular formula is C19H29NO. The molecule has 0 unspecified atom stereocenters. The predicted molar refractivity (Wildman–Crippen MR) is 87.7 cm³/mol. The zero-order valence-electron chi connectivity index (χ0n) is 13.4. The number of hydrogen-bond acceptors (Lipinski definition) is 2. The van der Waals surface area contributed by atoms with Crippen molar-refractivity contribution in [2.75, 3.05) is 19.6 Å². The van der Waals surface area contributed by atoms with Crippen molar-refractivity contribution in [2.24, 2.45) is 5.92 Å². The normalized spacial score (nSPS) is 27.5. The van der Waals surface area contributed by atoms with E-state index in [1.54, 1.807) is 6.07 Å². The SMILES string of the molecule is CCC[C@@]1(c2cccc(O)c2)CCN(CC2CCCC2)C1. The van der Waals surface area contributed by atoms with E-state index in [9.17, 15) is 5.11 Å². The molecule has 2 aliphatic rings. The van der Waals surface area contributed by atoms with E-state index >= 15 is 0 Å². The van der Waals surface area contributed by atoms with Crippen LogP contribution < -0.4 is 0 Å². The second kappa shape index (κ2) is 6.39. The summed E-state index contributed by atoms with van der Waals surface area (Å²) in [5.74, 6) is 1.35. The Labute approximate surface area is 129 Å². The summed E-state index contributed by atoms with van der Waals surface area (Å²) in [6.07, 6.45) is 9.44. The highest BCUT2D eigenvalue weighted by Crippen LogP contribution is 2.40. The molecule has 1 saturated heterocycles. The molecule has 116 valence electrons. The maximum Gasteiger partial charge on any atom is 0.115 e. The third kappa shape index (κ3) is 3.26. The van der Waals surface area contributed by atoms with Crippen LogP contribution in [0.1, 0.15) is 57.4 Å². The Bertz CT molecular complexity index is 466. The molecule has 1 aliphatic carbocycles. The summed E-state index contributed by atoms with van der Waals surface area (Å²) in [4.78, 5) is 2.69. The van der Waals surface area contributed by atoms with Gasteiger partial charge in [0.1, 0.15) is 5.75 Å². The maximum absolute atomic E-state index is 9.84. The predicted octanol–water partition coefficient (Wildman–Crippen LogP) is 4.33. The quantitative estimate of drug-likeness (QED) is 0.871. The topological polar surface area (TPSA) is 23.5 Å². The number of phenols is 1. The van der Waals surface area contributed by atoms with E-state index in [0.29, 0.717) is 5.75 Å². The summed E-state index contributed by atoms with van der Waals surface area (Å²) in [6.45, 7) is 5.99. The molecule has 1 saturated carbocycles. The zero-order valence-corrected chi connectivity index (χ0v) is 13.4. The van der Waals surface area contributed by atoms with Crippen LogP contribution in [0.15, 0.2) is 24.3 Å². The first-order valence-electron chi connectivity index (χ1n) is 8.74. The van der Waals surface area contributed by atoms with Crippen molar-refractivity contribution in [1.29, 1.82) is 0 Å². The highest BCUT2D eigenvalue weighted by Gasteiger charge is 2.39. The molecule has 0 aromatic heterocycles. The van der Waals surface area contributed by atoms with Crippen molar-refractivity contribution in [3.8, 4) is 5.75 Å². The minimum atomic E-state index is 0.270. The van der Waals surface area contributed by atoms with E-state index < -0.39 is 0 Å². The third-order valence-corrected chi connectivity index (χ3v) is 5.61. The fourth-order valence-corrected chi connectivity index (χ4v) is 4.57. The molecule has 0 radical (unpaired) electrons. The number of aromatic hydroxyl groups is 1. The first kappa shape index (κ1) is 14.9. The van der Waals surface area contributed by atoms with Crippen LogP contribution in [0.4, 0.5) is 0 Å². The van der Waals surface area contributed by atoms with Gasteiger partial charge in [-0.15, -0.1) is 0 Å². The van der Waals surface area contributed by atoms with Gasteiger partial charge in [-0.05, 0) is 55.8 Å². The lowest BCUT2D eigenvalue weighted by Gasteiger charge is -2.30. The summed E-state index contributed by atoms with van der Waals surface area (Å²) < 4.78 is 0. The molecule has 1 aliphatic heterocycles. The van der Waals surface area contributed by atoms with Crippen LogP contribution in [0.2, 0.25) is 0 Å². The smallest absolute Gasteiger partial charge is 0.115 e. The Morgan fingerprint density at radius 2 is 2.10 bits per heavy atom. The second-order valence-electron chi connectivity index (χ2n) is 7.22. The molecule has 0 bridgehead atoms. The van der Waals surface area contributed by atoms with Crippen LogP contribution in [-0.4, -0.2) is 29.6 Å². The monoisotopic (exact) mass is 287 g/mol. The number of likely N-dealkylation sites (tertiary alicyclic amines) is 1. The number of nitrogens with zero attached hydrogens (tertiary/aromatic N) is 1. The fraction of sp³-hybridized carbons (Fsp3) is 0.684. The van der Waals surface area contributed by atoms with Gasteiger partial charge in [-0.2, -0.15) is 0 Å². The lowest BCUT2D eigenvalue weighted by Crippen LogP contribution is -2.33. The number of benzene rings is 1. The summed E-state index contributed by atoms with van der Waals surface area (Å²) in [5.41, 5.74) is 1.62. The van der Waals surface area contributed by atoms with Crippen LogP contribution >= 0.6 is 0 Å². The average molecular weight is 287 g/mol. The Morgan fingerprint density at radius 1 is 1.29 bits per heavy atom. The number of hydrogen-bond donors (Lipinski definition) is 1. The van der Waals surface area contributed by atoms with E-state index in [4.69, 9.17) is 0 Å². The number of phenolic OH excluding ortho intramolecular Hbond substituents is 1. The van der Waals surface area contributed by atoms with E-state index in [2.05, 4.69) is 17.9 Å². The van der Waals surface area contributed by atoms with E-state index in [-0.39, 0.29) is 5.41 Å². The van der Waals surface area contributed by atoms with Crippen molar-refractivity contribution in [3.63, 3.8) is 0 Å². The molecule has 3 rings (SSSR count). The average Bonchev–Trinajstić information content (AvgIpc) is 3.11. The van der Waals surface area contributed by atoms with Gasteiger partial charge in [-0.25, -0.2) is 0 Å². The van der Waals surface area contributed by atoms with Gasteiger partial charge in [-0.3, -0.25) is 0 Å². The first-order chi connectivity index (χ1) is 10.2. The molecule has 21 heavy (non-hydrogen) atoms. The third-order valence-electron chi connectivity index (χ3n) is 5.61. The zero-order chi connectivity index (χ0) is 14.7. The summed E-state index contributed by atoms with van der Waals surface area (Å²) in [5, 5.41) is 9.84. The number of rotatable bonds is 5. The van der Waals surface area contributed by atoms with Crippen molar-refractivity contribution in [1.82, 2.24) is 4.90 Å². The van der Waals surface area contributed by atoms with Gasteiger partial charge in [0.05, 0.1) is 0 Å². The van der Waals surface area contributed by atoms with Crippen molar-refractivity contribution in [2.45, 2.75) is 57.3 Å². The molecule has 2 fully saturated rings. The van der Waals surface area contributed by atoms with Crippen molar-refractivity contribution >= 4 is 0 Å². The fourth-order valence-electron chi connectivity index (χ4n) is 4.57. The van der Waals surface area contributed by atoms with Gasteiger partial charge in [-0.1, -0.05) is 38.3 Å². The maximum atomic E-state index is 9.84. The largest absolute Gasteiger partial charge is 0.508 e. The van der Waals surface area contributed by atoms with Crippen LogP contribution in [0.5, 0.6) is 5.75 Å². The second-order valence-corrected chi connectivity index (χ2v) is 7.22. The molecule has 0 amide bonds. The molecule has 0 spiro atoms. The molecule has 1 aromatic carbocycles. The van der Waals surface area contributed by atoms with Gasteiger partial charge in [0.15, 0.2) is 0 Å². The van der Waals surface area contributed by atoms with E-state index in [1.165, 1.54) is 70.1 Å². The van der Waals surface area contributed by atoms with E-state index in [0.717, 1.165) is 5.92 Å². The Morgan fingerprint density at radius 3 is 2.81 bits per heavy atom. The highest BCUT2D eigenvalue weighted by atomic mass is 16.3. The minimum Gasteiger partial charge on any atom is -0.508 e. The molecule has 1 heterocycles. The van der Waals surface area contributed by atoms with Crippen LogP contribution in [-0.2, 0) is 5.41 Å². The highest BCUT2D eigenvalue weighted by molar-refractivity contribution is 5.34. The summed E-state index contributed by atoms with van der Waals surface area (Å²) >= 11 is 0. The molecular weight excluding hydrogens is 258 g/mol. The van der Waals surface area contributed by atoms with Crippen molar-refractivity contribution < 1.29 is 5.11 Å². The lowest BCUT2D eigenvalue weighted by atomic mass is 9.76. The molecule has 1 N–H and O–H groups in total. The standard InChI is InChI=1S/C19H29NO/c1-2-10-19(17-8-5-9-18(21)13-17)11-12-20(15-19)14-16-6-3-4-7-16/h5,8-9,13,16,21H,2-4,6-7,10-12,14-15H2,1H3/t19-/m1/s1. The lowest BCUT2D eigenvalue weighted by molar-refractivity contribution is 0.257. The minimum absolute atomic E-state index is 0.270. The Balaban J connectivity index is 1.73. The molecule has 1 aromatic rings. The van der Waals surface area contributed by atoms with Crippen LogP contribution in [0, 0.1) is 5.92 Å². The summed E-state index contributed by atoms with van der Waals surface area (Å²) in [7, 11) is 0. The van der Waals surface area contributed by atoms with E-state index in [1.807, 2.05) is 12.1 Å². The van der Waals surface area contributed by atoms with Gasteiger partial charge < -0.3 is 10.0 Å². The van der Waals surface area contributed by atoms with Crippen molar-refractivity contribution in [3.05, 3.63) is 29.8 Å². The van der Waals surface area contributed by atoms with Gasteiger partial charge >= 0.3 is 0 Å².